The summed E-state index contributed by atoms with van der Waals surface area (Å²) in [5.74, 6) is 0. The van der Waals surface area contributed by atoms with Gasteiger partial charge in [0.2, 0.25) is 0 Å². The molecule has 0 radical (unpaired) electrons. The Morgan fingerprint density at radius 1 is 1.43 bits per heavy atom. The molecule has 36 valence electrons. The van der Waals surface area contributed by atoms with Gasteiger partial charge in [-0.15, -0.1) is 17.0 Å². The predicted molar refractivity (Wildman–Crippen MR) is 23.2 cm³/mol. The van der Waals surface area contributed by atoms with E-state index in [-0.39, 0.29) is 101 Å². The van der Waals surface area contributed by atoms with Gasteiger partial charge < -0.3 is 13.1 Å². The van der Waals surface area contributed by atoms with E-state index in [2.05, 4.69) is 0 Å². The second-order valence-corrected chi connectivity index (χ2v) is 0.283. The minimum Gasteiger partial charge on any atom is -1.00 e. The average Bonchev–Trinajstić information content (AvgIpc) is 0.811. The van der Waals surface area contributed by atoms with Crippen LogP contribution in [0.3, 0.4) is 0 Å². The Bertz CT molecular complexity index is 44.8. The van der Waals surface area contributed by atoms with E-state index in [9.17, 15) is 0 Å². The van der Waals surface area contributed by atoms with Gasteiger partial charge in [-0.25, -0.2) is 4.79 Å². The van der Waals surface area contributed by atoms with Gasteiger partial charge in [-0.05, 0) is 0 Å². The average molecular weight is 207 g/mol. The Hall–Kier alpha value is 2.39. The molecule has 6 heteroatoms. The Morgan fingerprint density at radius 3 is 1.43 bits per heavy atom. The summed E-state index contributed by atoms with van der Waals surface area (Å²) in [6.07, 6.45) is -1.83. The van der Waals surface area contributed by atoms with Crippen LogP contribution in [0.5, 0.6) is 0 Å². The normalized spacial score (nSPS) is 3.43. The molecule has 0 atom stereocenters. The number of carboxylic acid groups (broad SMARTS) is 2. The molecule has 2 N–H and O–H groups in total. The van der Waals surface area contributed by atoms with E-state index >= 15 is 0 Å². The Kier molecular flexibility index (Phi) is 51.3. The standard InChI is InChI=1S/CH2O3.BrH.K.Na.2H/c2-1(3)4;;;;;/h(H2,2,3,4);1H;;;;/q;;2*+1;2*-1. The van der Waals surface area contributed by atoms with Gasteiger partial charge in [-0.2, -0.15) is 0 Å². The first-order chi connectivity index (χ1) is 1.73. The number of carbonyl (C=O) groups is 1. The van der Waals surface area contributed by atoms with Crippen LogP contribution in [-0.4, -0.2) is 16.4 Å². The summed E-state index contributed by atoms with van der Waals surface area (Å²) in [6.45, 7) is 0. The SMILES string of the molecule is Br.O=C(O)O.[H-].[H-].[K+].[Na+]. The molecular formula is CH5BrKNaO3. The maximum Gasteiger partial charge on any atom is 1.00 e. The quantitative estimate of drug-likeness (QED) is 0.391. The van der Waals surface area contributed by atoms with Crippen molar-refractivity contribution in [1.82, 2.24) is 0 Å². The maximum absolute atomic E-state index is 8.56. The van der Waals surface area contributed by atoms with Gasteiger partial charge in [0.05, 0.1) is 0 Å². The van der Waals surface area contributed by atoms with E-state index < -0.39 is 6.16 Å². The smallest absolute Gasteiger partial charge is 1.00 e. The Labute approximate surface area is 119 Å². The minimum absolute atomic E-state index is 0. The van der Waals surface area contributed by atoms with Crippen molar-refractivity contribution in [2.24, 2.45) is 0 Å². The van der Waals surface area contributed by atoms with Gasteiger partial charge in [0, 0.05) is 0 Å². The molecule has 0 saturated heterocycles. The van der Waals surface area contributed by atoms with E-state index in [0.717, 1.165) is 0 Å². The van der Waals surface area contributed by atoms with Crippen molar-refractivity contribution in [2.75, 3.05) is 0 Å². The molecule has 0 aromatic heterocycles. The van der Waals surface area contributed by atoms with Gasteiger partial charge in [0.25, 0.3) is 0 Å². The second-order valence-electron chi connectivity index (χ2n) is 0.283. The molecule has 0 bridgehead atoms. The van der Waals surface area contributed by atoms with Crippen molar-refractivity contribution in [3.63, 3.8) is 0 Å². The number of hydrogen-bond donors (Lipinski definition) is 2. The van der Waals surface area contributed by atoms with E-state index in [1.807, 2.05) is 0 Å². The monoisotopic (exact) mass is 206 g/mol. The molecule has 0 saturated carbocycles. The van der Waals surface area contributed by atoms with Gasteiger partial charge in [-0.3, -0.25) is 0 Å². The molecule has 3 nitrogen and oxygen atoms in total. The number of hydrogen-bond acceptors (Lipinski definition) is 1. The minimum atomic E-state index is -1.83. The molecule has 0 fully saturated rings. The molecule has 0 aliphatic carbocycles. The zero-order chi connectivity index (χ0) is 3.58. The van der Waals surface area contributed by atoms with Crippen LogP contribution in [0.2, 0.25) is 0 Å². The fraction of sp³-hybridized carbons (Fsp3) is 0. The van der Waals surface area contributed by atoms with Crippen LogP contribution in [0.25, 0.3) is 0 Å². The van der Waals surface area contributed by atoms with E-state index in [0.29, 0.717) is 0 Å². The van der Waals surface area contributed by atoms with Crippen LogP contribution in [0, 0.1) is 0 Å². The second kappa shape index (κ2) is 15.8. The zero-order valence-corrected chi connectivity index (χ0v) is 11.0. The van der Waals surface area contributed by atoms with Crippen LogP contribution < -0.4 is 80.9 Å². The van der Waals surface area contributed by atoms with Crippen LogP contribution in [0.15, 0.2) is 0 Å². The van der Waals surface area contributed by atoms with Crippen LogP contribution in [0.1, 0.15) is 2.85 Å². The van der Waals surface area contributed by atoms with Gasteiger partial charge in [-0.1, -0.05) is 0 Å². The largest absolute Gasteiger partial charge is 1.00 e. The predicted octanol–water partition coefficient (Wildman–Crippen LogP) is -4.97. The maximum atomic E-state index is 8.56. The first-order valence-electron chi connectivity index (χ1n) is 0.651. The summed E-state index contributed by atoms with van der Waals surface area (Å²) in [4.78, 5) is 8.56. The van der Waals surface area contributed by atoms with E-state index in [4.69, 9.17) is 15.0 Å². The van der Waals surface area contributed by atoms with Gasteiger partial charge in [0.15, 0.2) is 0 Å². The molecular weight excluding hydrogens is 202 g/mol. The molecule has 0 aromatic rings. The topological polar surface area (TPSA) is 57.5 Å². The van der Waals surface area contributed by atoms with Gasteiger partial charge in [0.1, 0.15) is 0 Å². The molecule has 0 heterocycles. The van der Waals surface area contributed by atoms with Crippen LogP contribution in [-0.2, 0) is 0 Å². The summed E-state index contributed by atoms with van der Waals surface area (Å²) < 4.78 is 0. The van der Waals surface area contributed by atoms with Crippen molar-refractivity contribution in [3.8, 4) is 0 Å². The van der Waals surface area contributed by atoms with E-state index in [1.54, 1.807) is 0 Å². The van der Waals surface area contributed by atoms with Crippen LogP contribution in [0.4, 0.5) is 4.79 Å². The first kappa shape index (κ1) is 22.8. The molecule has 7 heavy (non-hydrogen) atoms. The van der Waals surface area contributed by atoms with E-state index in [1.165, 1.54) is 0 Å². The summed E-state index contributed by atoms with van der Waals surface area (Å²) in [5.41, 5.74) is 0. The molecule has 0 unspecified atom stereocenters. The van der Waals surface area contributed by atoms with Crippen molar-refractivity contribution in [3.05, 3.63) is 0 Å². The molecule has 0 aromatic carbocycles. The van der Waals surface area contributed by atoms with Crippen molar-refractivity contribution < 1.29 is 98.8 Å². The van der Waals surface area contributed by atoms with Crippen molar-refractivity contribution in [1.29, 1.82) is 0 Å². The molecule has 0 spiro atoms. The molecule has 0 aliphatic heterocycles. The first-order valence-corrected chi connectivity index (χ1v) is 0.651. The molecule has 0 aliphatic rings. The third-order valence-corrected chi connectivity index (χ3v) is 0. The fourth-order valence-corrected chi connectivity index (χ4v) is 0. The van der Waals surface area contributed by atoms with Gasteiger partial charge >= 0.3 is 87.1 Å². The Morgan fingerprint density at radius 2 is 1.43 bits per heavy atom. The number of halogens is 1. The summed E-state index contributed by atoms with van der Waals surface area (Å²) in [6, 6.07) is 0. The molecule has 0 amide bonds. The molecule has 0 rings (SSSR count). The fourth-order valence-electron chi connectivity index (χ4n) is 0. The van der Waals surface area contributed by atoms with Crippen LogP contribution >= 0.6 is 17.0 Å². The number of rotatable bonds is 0. The summed E-state index contributed by atoms with van der Waals surface area (Å²) in [5, 5.41) is 13.9. The Balaban J connectivity index is -0.00000000450. The third-order valence-electron chi connectivity index (χ3n) is 0. The van der Waals surface area contributed by atoms with Crippen molar-refractivity contribution >= 4 is 23.1 Å². The zero-order valence-electron chi connectivity index (χ0n) is 6.21. The summed E-state index contributed by atoms with van der Waals surface area (Å²) >= 11 is 0. The third kappa shape index (κ3) is 60.1. The summed E-state index contributed by atoms with van der Waals surface area (Å²) in [7, 11) is 0. The van der Waals surface area contributed by atoms with Crippen molar-refractivity contribution in [2.45, 2.75) is 0 Å².